The molecule has 0 unspecified atom stereocenters. The van der Waals surface area contributed by atoms with Crippen molar-refractivity contribution in [2.45, 2.75) is 18.9 Å². The number of benzene rings is 2. The number of hydrogen-bond donors (Lipinski definition) is 1. The van der Waals surface area contributed by atoms with Gasteiger partial charge < -0.3 is 20.0 Å². The van der Waals surface area contributed by atoms with Crippen LogP contribution in [-0.2, 0) is 20.8 Å². The van der Waals surface area contributed by atoms with Gasteiger partial charge in [-0.1, -0.05) is 23.7 Å². The van der Waals surface area contributed by atoms with Gasteiger partial charge in [0.25, 0.3) is 5.91 Å². The van der Waals surface area contributed by atoms with Crippen molar-refractivity contribution in [2.75, 3.05) is 17.3 Å². The molecule has 8 heteroatoms. The summed E-state index contributed by atoms with van der Waals surface area (Å²) in [4.78, 5) is 36.7. The molecule has 2 aromatic rings. The Bertz CT molecular complexity index is 897. The molecule has 3 rings (SSSR count). The Morgan fingerprint density at radius 3 is 2.56 bits per heavy atom. The molecule has 2 amide bonds. The van der Waals surface area contributed by atoms with Crippen LogP contribution in [0.2, 0.25) is 5.02 Å². The van der Waals surface area contributed by atoms with Crippen molar-refractivity contribution in [1.82, 2.24) is 0 Å². The summed E-state index contributed by atoms with van der Waals surface area (Å²) in [5.74, 6) is -1.45. The van der Waals surface area contributed by atoms with Crippen LogP contribution < -0.4 is 20.1 Å². The predicted octanol–water partition coefficient (Wildman–Crippen LogP) is 1.38. The van der Waals surface area contributed by atoms with Crippen LogP contribution >= 0.6 is 11.6 Å². The maximum atomic E-state index is 12.7. The average Bonchev–Trinajstić information content (AvgIpc) is 2.89. The van der Waals surface area contributed by atoms with Crippen molar-refractivity contribution >= 4 is 40.8 Å². The van der Waals surface area contributed by atoms with Crippen LogP contribution in [0.25, 0.3) is 0 Å². The molecular weight excluding hydrogens is 372 g/mol. The Balaban J connectivity index is 1.74. The van der Waals surface area contributed by atoms with E-state index >= 15 is 0 Å². The number of nitrogens with zero attached hydrogens (tertiary/aromatic N) is 1. The molecule has 0 saturated carbocycles. The second kappa shape index (κ2) is 7.67. The van der Waals surface area contributed by atoms with Gasteiger partial charge >= 0.3 is 0 Å². The average molecular weight is 388 g/mol. The van der Waals surface area contributed by atoms with Gasteiger partial charge in [0.1, 0.15) is 11.8 Å². The van der Waals surface area contributed by atoms with Gasteiger partial charge in [0.2, 0.25) is 5.91 Å². The van der Waals surface area contributed by atoms with E-state index in [1.807, 2.05) is 0 Å². The van der Waals surface area contributed by atoms with Crippen molar-refractivity contribution < 1.29 is 24.2 Å². The molecule has 1 atom stereocenters. The van der Waals surface area contributed by atoms with Crippen molar-refractivity contribution in [2.24, 2.45) is 0 Å². The molecule has 0 spiro atoms. The van der Waals surface area contributed by atoms with Gasteiger partial charge in [-0.3, -0.25) is 9.59 Å². The number of amides is 2. The third-order valence-electron chi connectivity index (χ3n) is 4.18. The number of ether oxygens (including phenoxy) is 1. The highest BCUT2D eigenvalue weighted by Crippen LogP contribution is 2.32. The molecule has 2 aromatic carbocycles. The molecule has 1 saturated heterocycles. The fourth-order valence-electron chi connectivity index (χ4n) is 2.90. The van der Waals surface area contributed by atoms with Gasteiger partial charge in [0, 0.05) is 18.1 Å². The fourth-order valence-corrected chi connectivity index (χ4v) is 3.15. The minimum Gasteiger partial charge on any atom is -0.550 e. The summed E-state index contributed by atoms with van der Waals surface area (Å²) in [6.07, 6.45) is -0.184. The zero-order valence-electron chi connectivity index (χ0n) is 14.4. The van der Waals surface area contributed by atoms with E-state index in [1.165, 1.54) is 13.2 Å². The van der Waals surface area contributed by atoms with Crippen LogP contribution in [0.4, 0.5) is 11.4 Å². The quantitative estimate of drug-likeness (QED) is 0.752. The number of halogens is 1. The molecule has 0 aliphatic carbocycles. The summed E-state index contributed by atoms with van der Waals surface area (Å²) < 4.78 is 5.08. The topological polar surface area (TPSA) is 98.8 Å². The summed E-state index contributed by atoms with van der Waals surface area (Å²) in [5.41, 5.74) is 1.58. The largest absolute Gasteiger partial charge is 0.550 e. The van der Waals surface area contributed by atoms with E-state index in [4.69, 9.17) is 16.3 Å². The molecule has 140 valence electrons. The number of carbonyl (C=O) groups excluding carboxylic acids is 3. The van der Waals surface area contributed by atoms with E-state index in [2.05, 4.69) is 5.32 Å². The second-order valence-electron chi connectivity index (χ2n) is 6.03. The standard InChI is InChI=1S/C19H17ClN2O5/c1-27-16-7-6-13(9-14(16)20)22-17(23)10-15(19(22)26)21-12-4-2-11(3-5-12)8-18(24)25/h2-7,9,15,21H,8,10H2,1H3,(H,24,25)/p-1/t15-/m1/s1. The number of anilines is 2. The van der Waals surface area contributed by atoms with Gasteiger partial charge in [-0.25, -0.2) is 4.90 Å². The summed E-state index contributed by atoms with van der Waals surface area (Å²) in [6.45, 7) is 0. The number of aliphatic carboxylic acids is 1. The Morgan fingerprint density at radius 2 is 1.96 bits per heavy atom. The highest BCUT2D eigenvalue weighted by atomic mass is 35.5. The lowest BCUT2D eigenvalue weighted by atomic mass is 10.1. The highest BCUT2D eigenvalue weighted by Gasteiger charge is 2.39. The number of imide groups is 1. The summed E-state index contributed by atoms with van der Waals surface area (Å²) in [5, 5.41) is 13.9. The van der Waals surface area contributed by atoms with Crippen molar-refractivity contribution in [3.05, 3.63) is 53.1 Å². The van der Waals surface area contributed by atoms with Gasteiger partial charge in [-0.15, -0.1) is 0 Å². The summed E-state index contributed by atoms with van der Waals surface area (Å²) in [6, 6.07) is 10.5. The molecule has 7 nitrogen and oxygen atoms in total. The minimum absolute atomic E-state index is 0.00325. The third-order valence-corrected chi connectivity index (χ3v) is 4.48. The molecule has 1 heterocycles. The van der Waals surface area contributed by atoms with Gasteiger partial charge in [0.15, 0.2) is 0 Å². The number of carboxylic acids is 1. The molecule has 27 heavy (non-hydrogen) atoms. The molecule has 1 aliphatic heterocycles. The first kappa shape index (κ1) is 18.7. The molecule has 1 fully saturated rings. The minimum atomic E-state index is -1.17. The van der Waals surface area contributed by atoms with Crippen LogP contribution in [0.1, 0.15) is 12.0 Å². The Morgan fingerprint density at radius 1 is 1.26 bits per heavy atom. The maximum absolute atomic E-state index is 12.7. The first-order valence-electron chi connectivity index (χ1n) is 8.14. The number of carboxylic acid groups (broad SMARTS) is 1. The van der Waals surface area contributed by atoms with Crippen molar-refractivity contribution in [3.8, 4) is 5.75 Å². The van der Waals surface area contributed by atoms with Crippen LogP contribution in [-0.4, -0.2) is 30.9 Å². The molecular formula is C19H16ClN2O5-. The first-order chi connectivity index (χ1) is 12.9. The predicted molar refractivity (Wildman–Crippen MR) is 97.7 cm³/mol. The Labute approximate surface area is 160 Å². The summed E-state index contributed by atoms with van der Waals surface area (Å²) >= 11 is 6.08. The van der Waals surface area contributed by atoms with Crippen LogP contribution in [0.5, 0.6) is 5.75 Å². The number of methoxy groups -OCH3 is 1. The zero-order chi connectivity index (χ0) is 19.6. The van der Waals surface area contributed by atoms with Gasteiger partial charge in [-0.05, 0) is 35.9 Å². The fraction of sp³-hybridized carbons (Fsp3) is 0.211. The lowest BCUT2D eigenvalue weighted by Crippen LogP contribution is -2.34. The number of hydrogen-bond acceptors (Lipinski definition) is 6. The number of carbonyl (C=O) groups is 3. The van der Waals surface area contributed by atoms with E-state index in [1.54, 1.807) is 36.4 Å². The Hall–Kier alpha value is -3.06. The summed E-state index contributed by atoms with van der Waals surface area (Å²) in [7, 11) is 1.48. The number of nitrogens with one attached hydrogen (secondary N) is 1. The lowest BCUT2D eigenvalue weighted by Gasteiger charge is -2.17. The van der Waals surface area contributed by atoms with Gasteiger partial charge in [-0.2, -0.15) is 0 Å². The molecule has 0 bridgehead atoms. The highest BCUT2D eigenvalue weighted by molar-refractivity contribution is 6.33. The van der Waals surface area contributed by atoms with E-state index in [-0.39, 0.29) is 24.7 Å². The van der Waals surface area contributed by atoms with Crippen molar-refractivity contribution in [1.29, 1.82) is 0 Å². The van der Waals surface area contributed by atoms with Crippen LogP contribution in [0.15, 0.2) is 42.5 Å². The molecule has 0 aromatic heterocycles. The molecule has 0 radical (unpaired) electrons. The molecule has 1 N–H and O–H groups in total. The van der Waals surface area contributed by atoms with Gasteiger partial charge in [0.05, 0.1) is 24.2 Å². The van der Waals surface area contributed by atoms with E-state index < -0.39 is 12.0 Å². The smallest absolute Gasteiger partial charge is 0.256 e. The molecule has 1 aliphatic rings. The third kappa shape index (κ3) is 4.03. The van der Waals surface area contributed by atoms with E-state index in [0.717, 1.165) is 4.90 Å². The first-order valence-corrected chi connectivity index (χ1v) is 8.52. The van der Waals surface area contributed by atoms with E-state index in [9.17, 15) is 19.5 Å². The normalized spacial score (nSPS) is 16.5. The number of rotatable bonds is 6. The van der Waals surface area contributed by atoms with Crippen LogP contribution in [0, 0.1) is 0 Å². The van der Waals surface area contributed by atoms with Crippen LogP contribution in [0.3, 0.4) is 0 Å². The Kier molecular flexibility index (Phi) is 5.32. The zero-order valence-corrected chi connectivity index (χ0v) is 15.2. The van der Waals surface area contributed by atoms with Crippen molar-refractivity contribution in [3.63, 3.8) is 0 Å². The van der Waals surface area contributed by atoms with E-state index in [0.29, 0.717) is 27.7 Å². The lowest BCUT2D eigenvalue weighted by molar-refractivity contribution is -0.304. The maximum Gasteiger partial charge on any atom is 0.256 e. The monoisotopic (exact) mass is 387 g/mol. The second-order valence-corrected chi connectivity index (χ2v) is 6.44. The SMILES string of the molecule is COc1ccc(N2C(=O)C[C@@H](Nc3ccc(CC(=O)[O-])cc3)C2=O)cc1Cl.